The largest absolute Gasteiger partial charge is 0.467 e. The number of ether oxygens (including phenoxy) is 1. The number of hydrogen-bond acceptors (Lipinski definition) is 5. The molecule has 0 atom stereocenters. The highest BCUT2D eigenvalue weighted by molar-refractivity contribution is 6.30. The maximum Gasteiger partial charge on any atom is 0.318 e. The molecule has 0 unspecified atom stereocenters. The zero-order chi connectivity index (χ0) is 16.9. The van der Waals surface area contributed by atoms with Crippen LogP contribution in [0.2, 0.25) is 5.02 Å². The third-order valence-corrected chi connectivity index (χ3v) is 4.77. The minimum absolute atomic E-state index is 0.424. The zero-order valence-corrected chi connectivity index (χ0v) is 14.9. The summed E-state index contributed by atoms with van der Waals surface area (Å²) < 4.78 is 5.11. The Morgan fingerprint density at radius 2 is 2.08 bits per heavy atom. The van der Waals surface area contributed by atoms with Crippen LogP contribution < -0.4 is 9.64 Å². The van der Waals surface area contributed by atoms with Crippen molar-refractivity contribution in [1.29, 1.82) is 0 Å². The summed E-state index contributed by atoms with van der Waals surface area (Å²) in [6, 6.07) is 11.0. The molecule has 24 heavy (non-hydrogen) atoms. The molecule has 0 spiro atoms. The Morgan fingerprint density at radius 1 is 1.29 bits per heavy atom. The van der Waals surface area contributed by atoms with Gasteiger partial charge in [0.1, 0.15) is 5.82 Å². The molecule has 1 aromatic carbocycles. The van der Waals surface area contributed by atoms with Gasteiger partial charge in [-0.2, -0.15) is 4.98 Å². The van der Waals surface area contributed by atoms with Crippen LogP contribution in [0, 0.1) is 0 Å². The summed E-state index contributed by atoms with van der Waals surface area (Å²) in [7, 11) is 3.78. The van der Waals surface area contributed by atoms with E-state index in [0.29, 0.717) is 12.1 Å². The Bertz CT molecular complexity index is 674. The molecule has 0 radical (unpaired) electrons. The quantitative estimate of drug-likeness (QED) is 0.831. The predicted molar refractivity (Wildman–Crippen MR) is 96.7 cm³/mol. The molecule has 2 heterocycles. The fourth-order valence-electron chi connectivity index (χ4n) is 3.19. The summed E-state index contributed by atoms with van der Waals surface area (Å²) in [6.45, 7) is 2.90. The lowest BCUT2D eigenvalue weighted by molar-refractivity contribution is 0.200. The van der Waals surface area contributed by atoms with Crippen LogP contribution in [-0.2, 0) is 6.54 Å². The lowest BCUT2D eigenvalue weighted by Crippen LogP contribution is -2.43. The number of benzene rings is 1. The van der Waals surface area contributed by atoms with Crippen molar-refractivity contribution < 1.29 is 4.74 Å². The Morgan fingerprint density at radius 3 is 2.79 bits per heavy atom. The van der Waals surface area contributed by atoms with Gasteiger partial charge >= 0.3 is 6.01 Å². The summed E-state index contributed by atoms with van der Waals surface area (Å²) in [5.74, 6) is 0.942. The maximum atomic E-state index is 6.08. The molecule has 0 bridgehead atoms. The molecule has 3 rings (SSSR count). The monoisotopic (exact) mass is 346 g/mol. The van der Waals surface area contributed by atoms with Crippen LogP contribution in [0.15, 0.2) is 36.5 Å². The number of rotatable bonds is 5. The molecule has 1 aromatic heterocycles. The minimum Gasteiger partial charge on any atom is -0.467 e. The van der Waals surface area contributed by atoms with Gasteiger partial charge in [-0.05, 0) is 43.7 Å². The van der Waals surface area contributed by atoms with Crippen molar-refractivity contribution in [2.75, 3.05) is 32.1 Å². The molecule has 1 saturated heterocycles. The third kappa shape index (κ3) is 4.16. The molecular formula is C18H23ClN4O. The highest BCUT2D eigenvalue weighted by atomic mass is 35.5. The molecular weight excluding hydrogens is 324 g/mol. The zero-order valence-electron chi connectivity index (χ0n) is 14.2. The Hall–Kier alpha value is -1.85. The average molecular weight is 347 g/mol. The van der Waals surface area contributed by atoms with Crippen molar-refractivity contribution in [1.82, 2.24) is 14.9 Å². The van der Waals surface area contributed by atoms with E-state index in [1.165, 1.54) is 5.56 Å². The van der Waals surface area contributed by atoms with Crippen molar-refractivity contribution in [2.24, 2.45) is 0 Å². The average Bonchev–Trinajstić information content (AvgIpc) is 2.62. The SMILES string of the molecule is COc1nccc(N2CCC(N(C)Cc3cccc(Cl)c3)CC2)n1. The minimum atomic E-state index is 0.424. The predicted octanol–water partition coefficient (Wildman–Crippen LogP) is 3.24. The summed E-state index contributed by atoms with van der Waals surface area (Å²) in [6.07, 6.45) is 3.98. The summed E-state index contributed by atoms with van der Waals surface area (Å²) in [4.78, 5) is 13.2. The van der Waals surface area contributed by atoms with Crippen LogP contribution in [-0.4, -0.2) is 48.2 Å². The van der Waals surface area contributed by atoms with Crippen LogP contribution >= 0.6 is 11.6 Å². The highest BCUT2D eigenvalue weighted by Crippen LogP contribution is 2.23. The van der Waals surface area contributed by atoms with E-state index < -0.39 is 0 Å². The first kappa shape index (κ1) is 17.0. The number of nitrogens with zero attached hydrogens (tertiary/aromatic N) is 4. The topological polar surface area (TPSA) is 41.5 Å². The van der Waals surface area contributed by atoms with Crippen molar-refractivity contribution in [3.8, 4) is 6.01 Å². The second-order valence-electron chi connectivity index (χ2n) is 6.16. The van der Waals surface area contributed by atoms with Gasteiger partial charge in [-0.1, -0.05) is 23.7 Å². The van der Waals surface area contributed by atoms with Gasteiger partial charge in [0.2, 0.25) is 0 Å². The molecule has 0 N–H and O–H groups in total. The standard InChI is InChI=1S/C18H23ClN4O/c1-22(13-14-4-3-5-15(19)12-14)16-7-10-23(11-8-16)17-6-9-20-18(21-17)24-2/h3-6,9,12,16H,7-8,10-11,13H2,1-2H3. The van der Waals surface area contributed by atoms with Crippen LogP contribution in [0.5, 0.6) is 6.01 Å². The Kier molecular flexibility index (Phi) is 5.53. The van der Waals surface area contributed by atoms with Gasteiger partial charge in [0.05, 0.1) is 7.11 Å². The van der Waals surface area contributed by atoms with E-state index in [1.54, 1.807) is 13.3 Å². The Labute approximate surface area is 148 Å². The fourth-order valence-corrected chi connectivity index (χ4v) is 3.41. The maximum absolute atomic E-state index is 6.08. The van der Waals surface area contributed by atoms with E-state index in [9.17, 15) is 0 Å². The molecule has 1 aliphatic rings. The summed E-state index contributed by atoms with van der Waals surface area (Å²) in [5.41, 5.74) is 1.26. The number of hydrogen-bond donors (Lipinski definition) is 0. The molecule has 1 fully saturated rings. The second kappa shape index (κ2) is 7.81. The van der Waals surface area contributed by atoms with Gasteiger partial charge in [-0.15, -0.1) is 0 Å². The summed E-state index contributed by atoms with van der Waals surface area (Å²) >= 11 is 6.08. The first-order chi connectivity index (χ1) is 11.7. The molecule has 1 aliphatic heterocycles. The highest BCUT2D eigenvalue weighted by Gasteiger charge is 2.23. The number of piperidine rings is 1. The van der Waals surface area contributed by atoms with Crippen molar-refractivity contribution in [3.63, 3.8) is 0 Å². The van der Waals surface area contributed by atoms with E-state index in [2.05, 4.69) is 32.9 Å². The lowest BCUT2D eigenvalue weighted by Gasteiger charge is -2.37. The number of halogens is 1. The molecule has 0 saturated carbocycles. The number of anilines is 1. The molecule has 0 amide bonds. The van der Waals surface area contributed by atoms with E-state index in [-0.39, 0.29) is 0 Å². The smallest absolute Gasteiger partial charge is 0.318 e. The van der Waals surface area contributed by atoms with Crippen molar-refractivity contribution in [3.05, 3.63) is 47.1 Å². The van der Waals surface area contributed by atoms with Crippen LogP contribution in [0.3, 0.4) is 0 Å². The first-order valence-corrected chi connectivity index (χ1v) is 8.60. The normalized spacial score (nSPS) is 15.8. The number of aromatic nitrogens is 2. The summed E-state index contributed by atoms with van der Waals surface area (Å²) in [5, 5.41) is 0.799. The van der Waals surface area contributed by atoms with Gasteiger partial charge in [0.25, 0.3) is 0 Å². The molecule has 6 heteroatoms. The van der Waals surface area contributed by atoms with Crippen molar-refractivity contribution >= 4 is 17.4 Å². The van der Waals surface area contributed by atoms with Crippen molar-refractivity contribution in [2.45, 2.75) is 25.4 Å². The number of methoxy groups -OCH3 is 1. The molecule has 5 nitrogen and oxygen atoms in total. The molecule has 128 valence electrons. The van der Waals surface area contributed by atoms with Gasteiger partial charge < -0.3 is 9.64 Å². The van der Waals surface area contributed by atoms with Gasteiger partial charge in [-0.3, -0.25) is 4.90 Å². The van der Waals surface area contributed by atoms with E-state index >= 15 is 0 Å². The van der Waals surface area contributed by atoms with Crippen LogP contribution in [0.1, 0.15) is 18.4 Å². The van der Waals surface area contributed by atoms with Gasteiger partial charge in [-0.25, -0.2) is 4.98 Å². The van der Waals surface area contributed by atoms with E-state index in [1.807, 2.05) is 24.3 Å². The third-order valence-electron chi connectivity index (χ3n) is 4.53. The Balaban J connectivity index is 1.56. The first-order valence-electron chi connectivity index (χ1n) is 8.22. The van der Waals surface area contributed by atoms with Gasteiger partial charge in [0, 0.05) is 36.9 Å². The van der Waals surface area contributed by atoms with Crippen LogP contribution in [0.25, 0.3) is 0 Å². The van der Waals surface area contributed by atoms with E-state index in [0.717, 1.165) is 43.3 Å². The van der Waals surface area contributed by atoms with E-state index in [4.69, 9.17) is 16.3 Å². The van der Waals surface area contributed by atoms with Gasteiger partial charge in [0.15, 0.2) is 0 Å². The van der Waals surface area contributed by atoms with Crippen LogP contribution in [0.4, 0.5) is 5.82 Å². The second-order valence-corrected chi connectivity index (χ2v) is 6.60. The lowest BCUT2D eigenvalue weighted by atomic mass is 10.0. The molecule has 0 aliphatic carbocycles. The molecule has 2 aromatic rings. The fraction of sp³-hybridized carbons (Fsp3) is 0.444.